The molecule has 1 N–H and O–H groups in total. The summed E-state index contributed by atoms with van der Waals surface area (Å²) in [6.45, 7) is 1.37. The SMILES string of the molecule is O=C(O)[C@]1(C/C=C/c2ccccc2)CCCN(c2ncnc3c2CCC3)C1. The zero-order valence-corrected chi connectivity index (χ0v) is 15.5. The first kappa shape index (κ1) is 17.7. The molecule has 1 aromatic carbocycles. The molecule has 5 heteroatoms. The number of allylic oxidation sites excluding steroid dienone is 1. The van der Waals surface area contributed by atoms with Gasteiger partial charge in [0.25, 0.3) is 0 Å². The number of hydrogen-bond donors (Lipinski definition) is 1. The van der Waals surface area contributed by atoms with Crippen LogP contribution in [0.3, 0.4) is 0 Å². The Morgan fingerprint density at radius 3 is 2.85 bits per heavy atom. The number of benzene rings is 1. The monoisotopic (exact) mass is 363 g/mol. The van der Waals surface area contributed by atoms with E-state index in [1.54, 1.807) is 6.33 Å². The number of carboxylic acid groups (broad SMARTS) is 1. The van der Waals surface area contributed by atoms with Gasteiger partial charge >= 0.3 is 5.97 Å². The number of carboxylic acids is 1. The van der Waals surface area contributed by atoms with Crippen molar-refractivity contribution in [1.29, 1.82) is 0 Å². The summed E-state index contributed by atoms with van der Waals surface area (Å²) in [6, 6.07) is 10.0. The molecule has 2 heterocycles. The van der Waals surface area contributed by atoms with Gasteiger partial charge in [-0.2, -0.15) is 0 Å². The van der Waals surface area contributed by atoms with Crippen LogP contribution in [0.2, 0.25) is 0 Å². The molecule has 0 amide bonds. The molecule has 0 saturated carbocycles. The number of fused-ring (bicyclic) bond motifs is 1. The van der Waals surface area contributed by atoms with E-state index < -0.39 is 11.4 Å². The van der Waals surface area contributed by atoms with Gasteiger partial charge in [-0.1, -0.05) is 42.5 Å². The molecule has 1 fully saturated rings. The minimum absolute atomic E-state index is 0.505. The molecule has 0 radical (unpaired) electrons. The van der Waals surface area contributed by atoms with E-state index in [0.29, 0.717) is 19.4 Å². The van der Waals surface area contributed by atoms with Gasteiger partial charge < -0.3 is 10.0 Å². The van der Waals surface area contributed by atoms with Crippen LogP contribution in [-0.2, 0) is 17.6 Å². The molecule has 2 aliphatic rings. The molecule has 1 atom stereocenters. The van der Waals surface area contributed by atoms with Gasteiger partial charge in [0.15, 0.2) is 0 Å². The number of piperidine rings is 1. The summed E-state index contributed by atoms with van der Waals surface area (Å²) in [4.78, 5) is 23.4. The Kier molecular flexibility index (Phi) is 4.92. The van der Waals surface area contributed by atoms with Gasteiger partial charge in [-0.05, 0) is 44.1 Å². The highest BCUT2D eigenvalue weighted by Gasteiger charge is 2.42. The van der Waals surface area contributed by atoms with Crippen LogP contribution in [0.4, 0.5) is 5.82 Å². The van der Waals surface area contributed by atoms with E-state index in [1.165, 1.54) is 5.56 Å². The smallest absolute Gasteiger partial charge is 0.311 e. The second kappa shape index (κ2) is 7.51. The minimum Gasteiger partial charge on any atom is -0.481 e. The molecular formula is C22H25N3O2. The van der Waals surface area contributed by atoms with Gasteiger partial charge in [0.05, 0.1) is 5.41 Å². The average Bonchev–Trinajstić information content (AvgIpc) is 3.18. The van der Waals surface area contributed by atoms with Crippen LogP contribution < -0.4 is 4.90 Å². The van der Waals surface area contributed by atoms with Crippen LogP contribution in [0.5, 0.6) is 0 Å². The fourth-order valence-corrected chi connectivity index (χ4v) is 4.34. The summed E-state index contributed by atoms with van der Waals surface area (Å²) in [5, 5.41) is 10.1. The number of rotatable bonds is 5. The number of nitrogens with zero attached hydrogens (tertiary/aromatic N) is 3. The lowest BCUT2D eigenvalue weighted by Crippen LogP contribution is -2.48. The Morgan fingerprint density at radius 1 is 1.19 bits per heavy atom. The zero-order chi connectivity index (χ0) is 18.7. The van der Waals surface area contributed by atoms with E-state index in [-0.39, 0.29) is 0 Å². The number of aryl methyl sites for hydroxylation is 1. The summed E-state index contributed by atoms with van der Waals surface area (Å²) in [7, 11) is 0. The van der Waals surface area contributed by atoms with Crippen molar-refractivity contribution in [2.75, 3.05) is 18.0 Å². The number of carbonyl (C=O) groups is 1. The van der Waals surface area contributed by atoms with Crippen molar-refractivity contribution in [1.82, 2.24) is 9.97 Å². The van der Waals surface area contributed by atoms with Crippen molar-refractivity contribution in [2.45, 2.75) is 38.5 Å². The third kappa shape index (κ3) is 3.59. The van der Waals surface area contributed by atoms with Crippen molar-refractivity contribution in [2.24, 2.45) is 5.41 Å². The molecule has 2 aromatic rings. The molecule has 0 unspecified atom stereocenters. The molecule has 1 aliphatic heterocycles. The summed E-state index contributed by atoms with van der Waals surface area (Å²) >= 11 is 0. The van der Waals surface area contributed by atoms with E-state index in [2.05, 4.69) is 14.9 Å². The molecule has 27 heavy (non-hydrogen) atoms. The summed E-state index contributed by atoms with van der Waals surface area (Å²) in [5.41, 5.74) is 2.69. The van der Waals surface area contributed by atoms with Crippen molar-refractivity contribution >= 4 is 17.9 Å². The Labute approximate surface area is 159 Å². The maximum atomic E-state index is 12.2. The number of anilines is 1. The third-order valence-electron chi connectivity index (χ3n) is 5.80. The first-order valence-electron chi connectivity index (χ1n) is 9.71. The summed E-state index contributed by atoms with van der Waals surface area (Å²) in [6.07, 6.45) is 10.9. The van der Waals surface area contributed by atoms with E-state index >= 15 is 0 Å². The lowest BCUT2D eigenvalue weighted by atomic mass is 9.76. The predicted octanol–water partition coefficient (Wildman–Crippen LogP) is 3.74. The van der Waals surface area contributed by atoms with E-state index in [9.17, 15) is 9.90 Å². The zero-order valence-electron chi connectivity index (χ0n) is 15.5. The van der Waals surface area contributed by atoms with E-state index in [0.717, 1.165) is 49.3 Å². The van der Waals surface area contributed by atoms with Gasteiger partial charge in [0, 0.05) is 24.3 Å². The van der Waals surface area contributed by atoms with Crippen LogP contribution in [0.15, 0.2) is 42.7 Å². The highest BCUT2D eigenvalue weighted by Crippen LogP contribution is 2.38. The number of aliphatic carboxylic acids is 1. The van der Waals surface area contributed by atoms with Crippen molar-refractivity contribution < 1.29 is 9.90 Å². The highest BCUT2D eigenvalue weighted by atomic mass is 16.4. The Morgan fingerprint density at radius 2 is 2.04 bits per heavy atom. The average molecular weight is 363 g/mol. The summed E-state index contributed by atoms with van der Waals surface area (Å²) in [5.74, 6) is 0.241. The second-order valence-electron chi connectivity index (χ2n) is 7.60. The number of aromatic nitrogens is 2. The minimum atomic E-state index is -0.764. The Bertz CT molecular complexity index is 850. The topological polar surface area (TPSA) is 66.3 Å². The molecule has 4 rings (SSSR count). The number of hydrogen-bond acceptors (Lipinski definition) is 4. The molecule has 0 bridgehead atoms. The van der Waals surface area contributed by atoms with Crippen molar-refractivity contribution in [3.05, 3.63) is 59.6 Å². The van der Waals surface area contributed by atoms with Crippen molar-refractivity contribution in [3.8, 4) is 0 Å². The van der Waals surface area contributed by atoms with Crippen molar-refractivity contribution in [3.63, 3.8) is 0 Å². The van der Waals surface area contributed by atoms with Crippen LogP contribution in [0.1, 0.15) is 42.5 Å². The van der Waals surface area contributed by atoms with Crippen LogP contribution >= 0.6 is 0 Å². The van der Waals surface area contributed by atoms with Gasteiger partial charge in [-0.3, -0.25) is 4.79 Å². The Hall–Kier alpha value is -2.69. The molecule has 1 saturated heterocycles. The normalized spacial score (nSPS) is 22.1. The van der Waals surface area contributed by atoms with Crippen LogP contribution in [0.25, 0.3) is 6.08 Å². The second-order valence-corrected chi connectivity index (χ2v) is 7.60. The first-order chi connectivity index (χ1) is 13.2. The summed E-state index contributed by atoms with van der Waals surface area (Å²) < 4.78 is 0. The highest BCUT2D eigenvalue weighted by molar-refractivity contribution is 5.76. The molecule has 0 spiro atoms. The maximum Gasteiger partial charge on any atom is 0.311 e. The lowest BCUT2D eigenvalue weighted by molar-refractivity contribution is -0.149. The molecule has 1 aromatic heterocycles. The quantitative estimate of drug-likeness (QED) is 0.876. The fraction of sp³-hybridized carbons (Fsp3) is 0.409. The lowest BCUT2D eigenvalue weighted by Gasteiger charge is -2.40. The molecule has 5 nitrogen and oxygen atoms in total. The standard InChI is InChI=1S/C22H25N3O2/c26-21(27)22(12-5-9-17-7-2-1-3-8-17)13-6-14-25(15-22)20-18-10-4-11-19(18)23-16-24-20/h1-3,5,7-9,16H,4,6,10-15H2,(H,26,27)/b9-5+/t22-/m1/s1. The fourth-order valence-electron chi connectivity index (χ4n) is 4.34. The Balaban J connectivity index is 1.55. The van der Waals surface area contributed by atoms with Crippen LogP contribution in [0, 0.1) is 5.41 Å². The van der Waals surface area contributed by atoms with Crippen LogP contribution in [-0.4, -0.2) is 34.1 Å². The maximum absolute atomic E-state index is 12.2. The van der Waals surface area contributed by atoms with E-state index in [4.69, 9.17) is 0 Å². The molecule has 1 aliphatic carbocycles. The van der Waals surface area contributed by atoms with Gasteiger partial charge in [-0.25, -0.2) is 9.97 Å². The third-order valence-corrected chi connectivity index (χ3v) is 5.80. The molecular weight excluding hydrogens is 338 g/mol. The van der Waals surface area contributed by atoms with E-state index in [1.807, 2.05) is 42.5 Å². The first-order valence-corrected chi connectivity index (χ1v) is 9.71. The molecule has 140 valence electrons. The predicted molar refractivity (Wildman–Crippen MR) is 106 cm³/mol. The van der Waals surface area contributed by atoms with Gasteiger partial charge in [0.2, 0.25) is 0 Å². The van der Waals surface area contributed by atoms with Gasteiger partial charge in [0.1, 0.15) is 12.1 Å². The largest absolute Gasteiger partial charge is 0.481 e. The van der Waals surface area contributed by atoms with Gasteiger partial charge in [-0.15, -0.1) is 0 Å².